The summed E-state index contributed by atoms with van der Waals surface area (Å²) < 4.78 is 0. The summed E-state index contributed by atoms with van der Waals surface area (Å²) in [6.07, 6.45) is 4.03. The second kappa shape index (κ2) is 4.72. The third-order valence-electron chi connectivity index (χ3n) is 4.01. The fourth-order valence-electron chi connectivity index (χ4n) is 3.10. The van der Waals surface area contributed by atoms with Crippen molar-refractivity contribution in [1.29, 1.82) is 0 Å². The first-order chi connectivity index (χ1) is 8.72. The summed E-state index contributed by atoms with van der Waals surface area (Å²) in [7, 11) is 0. The maximum Gasteiger partial charge on any atom is 0.134 e. The van der Waals surface area contributed by atoms with Crippen LogP contribution in [0.15, 0.2) is 6.07 Å². The number of nitrogens with zero attached hydrogens (tertiary/aromatic N) is 4. The summed E-state index contributed by atoms with van der Waals surface area (Å²) in [4.78, 5) is 13.6. The van der Waals surface area contributed by atoms with Crippen LogP contribution in [0.4, 0.5) is 11.6 Å². The maximum absolute atomic E-state index is 5.81. The van der Waals surface area contributed by atoms with E-state index in [-0.39, 0.29) is 0 Å². The number of rotatable bonds is 1. The van der Waals surface area contributed by atoms with Gasteiger partial charge in [-0.25, -0.2) is 9.97 Å². The molecule has 18 heavy (non-hydrogen) atoms. The van der Waals surface area contributed by atoms with Crippen LogP contribution in [0.1, 0.15) is 25.1 Å². The van der Waals surface area contributed by atoms with Crippen LogP contribution in [-0.2, 0) is 0 Å². The Kier molecular flexibility index (Phi) is 3.07. The SMILES string of the molecule is Cc1nc(N)cc(N2CCN3CCCCC3C2)n1. The van der Waals surface area contributed by atoms with Gasteiger partial charge in [-0.05, 0) is 26.3 Å². The summed E-state index contributed by atoms with van der Waals surface area (Å²) in [6.45, 7) is 6.44. The van der Waals surface area contributed by atoms with Gasteiger partial charge in [0, 0.05) is 31.7 Å². The smallest absolute Gasteiger partial charge is 0.134 e. The lowest BCUT2D eigenvalue weighted by Gasteiger charge is -2.44. The number of hydrogen-bond donors (Lipinski definition) is 1. The van der Waals surface area contributed by atoms with Crippen LogP contribution in [0.2, 0.25) is 0 Å². The molecule has 2 N–H and O–H groups in total. The number of aromatic nitrogens is 2. The van der Waals surface area contributed by atoms with Gasteiger partial charge in [0.15, 0.2) is 0 Å². The topological polar surface area (TPSA) is 58.3 Å². The molecule has 5 heteroatoms. The lowest BCUT2D eigenvalue weighted by molar-refractivity contribution is 0.133. The highest BCUT2D eigenvalue weighted by Crippen LogP contribution is 2.24. The molecule has 0 saturated carbocycles. The van der Waals surface area contributed by atoms with E-state index in [1.807, 2.05) is 13.0 Å². The number of piperazine rings is 1. The molecule has 0 radical (unpaired) electrons. The van der Waals surface area contributed by atoms with Gasteiger partial charge in [0.2, 0.25) is 0 Å². The Labute approximate surface area is 108 Å². The average Bonchev–Trinajstić information content (AvgIpc) is 2.37. The first-order valence-corrected chi connectivity index (χ1v) is 6.82. The quantitative estimate of drug-likeness (QED) is 0.803. The Morgan fingerprint density at radius 1 is 1.22 bits per heavy atom. The predicted octanol–water partition coefficient (Wildman–Crippen LogP) is 1.04. The molecule has 0 aliphatic carbocycles. The molecule has 0 bridgehead atoms. The molecule has 1 aromatic rings. The van der Waals surface area contributed by atoms with E-state index in [0.29, 0.717) is 11.9 Å². The minimum absolute atomic E-state index is 0.573. The zero-order chi connectivity index (χ0) is 12.5. The fraction of sp³-hybridized carbons (Fsp3) is 0.692. The van der Waals surface area contributed by atoms with E-state index < -0.39 is 0 Å². The summed E-state index contributed by atoms with van der Waals surface area (Å²) in [5, 5.41) is 0. The Morgan fingerprint density at radius 3 is 2.94 bits per heavy atom. The number of fused-ring (bicyclic) bond motifs is 1. The number of anilines is 2. The third kappa shape index (κ3) is 2.27. The molecule has 5 nitrogen and oxygen atoms in total. The fourth-order valence-corrected chi connectivity index (χ4v) is 3.10. The van der Waals surface area contributed by atoms with Crippen LogP contribution in [-0.4, -0.2) is 47.1 Å². The van der Waals surface area contributed by atoms with Crippen LogP contribution in [0, 0.1) is 6.92 Å². The van der Waals surface area contributed by atoms with E-state index in [0.717, 1.165) is 31.3 Å². The summed E-state index contributed by atoms with van der Waals surface area (Å²) in [6, 6.07) is 2.59. The van der Waals surface area contributed by atoms with Gasteiger partial charge in [-0.15, -0.1) is 0 Å². The molecule has 2 fully saturated rings. The molecule has 2 aliphatic heterocycles. The van der Waals surface area contributed by atoms with Crippen LogP contribution >= 0.6 is 0 Å². The van der Waals surface area contributed by atoms with Gasteiger partial charge in [-0.3, -0.25) is 4.90 Å². The lowest BCUT2D eigenvalue weighted by atomic mass is 9.99. The molecule has 2 saturated heterocycles. The van der Waals surface area contributed by atoms with E-state index in [4.69, 9.17) is 5.73 Å². The van der Waals surface area contributed by atoms with Crippen molar-refractivity contribution in [1.82, 2.24) is 14.9 Å². The first-order valence-electron chi connectivity index (χ1n) is 6.82. The summed E-state index contributed by atoms with van der Waals surface area (Å²) >= 11 is 0. The molecular formula is C13H21N5. The Morgan fingerprint density at radius 2 is 2.11 bits per heavy atom. The minimum Gasteiger partial charge on any atom is -0.384 e. The zero-order valence-electron chi connectivity index (χ0n) is 11.0. The molecule has 0 spiro atoms. The Bertz CT molecular complexity index is 413. The van der Waals surface area contributed by atoms with E-state index in [2.05, 4.69) is 19.8 Å². The normalized spacial score (nSPS) is 24.9. The number of piperidine rings is 1. The highest BCUT2D eigenvalue weighted by atomic mass is 15.3. The van der Waals surface area contributed by atoms with Crippen molar-refractivity contribution in [2.24, 2.45) is 0 Å². The zero-order valence-corrected chi connectivity index (χ0v) is 11.0. The van der Waals surface area contributed by atoms with Gasteiger partial charge in [0.05, 0.1) is 0 Å². The Balaban J connectivity index is 1.76. The van der Waals surface area contributed by atoms with Crippen LogP contribution in [0.3, 0.4) is 0 Å². The Hall–Kier alpha value is -1.36. The van der Waals surface area contributed by atoms with Crippen molar-refractivity contribution in [3.63, 3.8) is 0 Å². The largest absolute Gasteiger partial charge is 0.384 e. The third-order valence-corrected chi connectivity index (χ3v) is 4.01. The second-order valence-corrected chi connectivity index (χ2v) is 5.33. The van der Waals surface area contributed by atoms with E-state index in [1.54, 1.807) is 0 Å². The van der Waals surface area contributed by atoms with E-state index in [1.165, 1.54) is 25.8 Å². The number of nitrogens with two attached hydrogens (primary N) is 1. The molecule has 3 heterocycles. The molecule has 1 unspecified atom stereocenters. The van der Waals surface area contributed by atoms with Crippen LogP contribution in [0.5, 0.6) is 0 Å². The molecule has 0 amide bonds. The number of aryl methyl sites for hydroxylation is 1. The molecule has 3 rings (SSSR count). The summed E-state index contributed by atoms with van der Waals surface area (Å²) in [5.74, 6) is 2.32. The molecular weight excluding hydrogens is 226 g/mol. The van der Waals surface area contributed by atoms with Crippen LogP contribution < -0.4 is 10.6 Å². The molecule has 98 valence electrons. The average molecular weight is 247 g/mol. The molecule has 1 aromatic heterocycles. The van der Waals surface area contributed by atoms with E-state index in [9.17, 15) is 0 Å². The molecule has 1 atom stereocenters. The van der Waals surface area contributed by atoms with Gasteiger partial charge in [0.1, 0.15) is 17.5 Å². The lowest BCUT2D eigenvalue weighted by Crippen LogP contribution is -2.55. The van der Waals surface area contributed by atoms with Crippen molar-refractivity contribution < 1.29 is 0 Å². The van der Waals surface area contributed by atoms with Crippen molar-refractivity contribution >= 4 is 11.6 Å². The van der Waals surface area contributed by atoms with Gasteiger partial charge >= 0.3 is 0 Å². The number of hydrogen-bond acceptors (Lipinski definition) is 5. The first kappa shape index (κ1) is 11.7. The standard InChI is InChI=1S/C13H21N5/c1-10-15-12(14)8-13(16-10)18-7-6-17-5-3-2-4-11(17)9-18/h8,11H,2-7,9H2,1H3,(H2,14,15,16). The van der Waals surface area contributed by atoms with Crippen molar-refractivity contribution in [2.75, 3.05) is 36.8 Å². The monoisotopic (exact) mass is 247 g/mol. The summed E-state index contributed by atoms with van der Waals surface area (Å²) in [5.41, 5.74) is 5.81. The van der Waals surface area contributed by atoms with Gasteiger partial charge in [0.25, 0.3) is 0 Å². The second-order valence-electron chi connectivity index (χ2n) is 5.33. The highest BCUT2D eigenvalue weighted by Gasteiger charge is 2.29. The highest BCUT2D eigenvalue weighted by molar-refractivity contribution is 5.47. The minimum atomic E-state index is 0.573. The van der Waals surface area contributed by atoms with Crippen LogP contribution in [0.25, 0.3) is 0 Å². The van der Waals surface area contributed by atoms with Crippen molar-refractivity contribution in [2.45, 2.75) is 32.2 Å². The number of nitrogen functional groups attached to an aromatic ring is 1. The molecule has 0 aromatic carbocycles. The van der Waals surface area contributed by atoms with Gasteiger partial charge in [-0.2, -0.15) is 0 Å². The predicted molar refractivity (Wildman–Crippen MR) is 72.6 cm³/mol. The van der Waals surface area contributed by atoms with Crippen molar-refractivity contribution in [3.8, 4) is 0 Å². The van der Waals surface area contributed by atoms with Crippen molar-refractivity contribution in [3.05, 3.63) is 11.9 Å². The molecule has 2 aliphatic rings. The van der Waals surface area contributed by atoms with E-state index >= 15 is 0 Å². The van der Waals surface area contributed by atoms with Gasteiger partial charge in [-0.1, -0.05) is 6.42 Å². The van der Waals surface area contributed by atoms with Gasteiger partial charge < -0.3 is 10.6 Å². The maximum atomic E-state index is 5.81.